The van der Waals surface area contributed by atoms with Crippen LogP contribution in [-0.4, -0.2) is 42.7 Å². The number of aromatic nitrogens is 5. The summed E-state index contributed by atoms with van der Waals surface area (Å²) in [5.41, 5.74) is 2.06. The Kier molecular flexibility index (Phi) is 5.84. The van der Waals surface area contributed by atoms with Gasteiger partial charge in [0.2, 0.25) is 0 Å². The van der Waals surface area contributed by atoms with E-state index in [2.05, 4.69) is 41.8 Å². The number of aryl methyl sites for hydroxylation is 1. The molecule has 1 atom stereocenters. The lowest BCUT2D eigenvalue weighted by atomic mass is 9.93. The summed E-state index contributed by atoms with van der Waals surface area (Å²) in [6.45, 7) is 3.96. The highest BCUT2D eigenvalue weighted by Crippen LogP contribution is 2.25. The van der Waals surface area contributed by atoms with Crippen molar-refractivity contribution in [1.82, 2.24) is 29.6 Å². The topological polar surface area (TPSA) is 62.6 Å². The third-order valence-corrected chi connectivity index (χ3v) is 5.52. The molecule has 0 spiro atoms. The van der Waals surface area contributed by atoms with E-state index in [0.717, 1.165) is 55.0 Å². The van der Waals surface area contributed by atoms with E-state index in [4.69, 9.17) is 11.6 Å². The van der Waals surface area contributed by atoms with Crippen LogP contribution in [-0.2, 0) is 13.1 Å². The number of hydrogen-bond acceptors (Lipinski definition) is 4. The molecule has 0 aliphatic heterocycles. The molecule has 0 saturated heterocycles. The van der Waals surface area contributed by atoms with Crippen molar-refractivity contribution in [3.8, 4) is 0 Å². The summed E-state index contributed by atoms with van der Waals surface area (Å²) >= 11 is 6.19. The van der Waals surface area contributed by atoms with Crippen molar-refractivity contribution in [2.24, 2.45) is 5.92 Å². The molecule has 3 aromatic heterocycles. The minimum Gasteiger partial charge on any atom is -0.337 e. The summed E-state index contributed by atoms with van der Waals surface area (Å²) < 4.78 is 2.14. The second kappa shape index (κ2) is 8.67. The molecule has 0 aromatic carbocycles. The number of halogens is 1. The average molecular weight is 385 g/mol. The van der Waals surface area contributed by atoms with Gasteiger partial charge in [0.25, 0.3) is 0 Å². The highest BCUT2D eigenvalue weighted by molar-refractivity contribution is 6.34. The molecule has 142 valence electrons. The van der Waals surface area contributed by atoms with Gasteiger partial charge in [-0.05, 0) is 31.6 Å². The van der Waals surface area contributed by atoms with Crippen molar-refractivity contribution in [2.75, 3.05) is 13.1 Å². The average Bonchev–Trinajstić information content (AvgIpc) is 3.33. The molecular formula is C20H25ClN6. The van der Waals surface area contributed by atoms with Gasteiger partial charge in [-0.25, -0.2) is 4.98 Å². The number of pyridine rings is 1. The number of nitrogens with zero attached hydrogens (tertiary/aromatic N) is 5. The van der Waals surface area contributed by atoms with Crippen LogP contribution >= 0.6 is 11.6 Å². The van der Waals surface area contributed by atoms with Crippen LogP contribution in [0.25, 0.3) is 10.9 Å². The predicted molar refractivity (Wildman–Crippen MR) is 108 cm³/mol. The Bertz CT molecular complexity index is 885. The van der Waals surface area contributed by atoms with Gasteiger partial charge in [-0.15, -0.1) is 0 Å². The summed E-state index contributed by atoms with van der Waals surface area (Å²) in [6, 6.07) is 0. The Hall–Kier alpha value is -2.18. The van der Waals surface area contributed by atoms with Gasteiger partial charge >= 0.3 is 0 Å². The zero-order chi connectivity index (χ0) is 18.5. The third-order valence-electron chi connectivity index (χ3n) is 5.23. The molecule has 7 heteroatoms. The fraction of sp³-hybridized carbons (Fsp3) is 0.450. The zero-order valence-corrected chi connectivity index (χ0v) is 16.1. The van der Waals surface area contributed by atoms with Crippen LogP contribution in [0.1, 0.15) is 31.2 Å². The van der Waals surface area contributed by atoms with Crippen molar-refractivity contribution in [1.29, 1.82) is 0 Å². The molecule has 4 rings (SSSR count). The molecule has 27 heavy (non-hydrogen) atoms. The van der Waals surface area contributed by atoms with Gasteiger partial charge in [0.15, 0.2) is 0 Å². The van der Waals surface area contributed by atoms with Gasteiger partial charge in [0.1, 0.15) is 10.7 Å². The number of nitrogens with one attached hydrogen (secondary N) is 1. The Labute approximate surface area is 164 Å². The lowest BCUT2D eigenvalue weighted by molar-refractivity contribution is 0.210. The first-order valence-electron chi connectivity index (χ1n) is 9.59. The molecule has 1 aliphatic carbocycles. The largest absolute Gasteiger partial charge is 0.337 e. The first kappa shape index (κ1) is 18.2. The van der Waals surface area contributed by atoms with Crippen molar-refractivity contribution in [3.63, 3.8) is 0 Å². The first-order chi connectivity index (χ1) is 13.3. The second-order valence-electron chi connectivity index (χ2n) is 7.27. The SMILES string of the molecule is Clc1[nH]nc2c(CN(CCCn3ccnc3)CC3CC=CCC3)cncc12. The molecule has 3 aromatic rings. The van der Waals surface area contributed by atoms with E-state index < -0.39 is 0 Å². The van der Waals surface area contributed by atoms with E-state index in [-0.39, 0.29) is 0 Å². The number of fused-ring (bicyclic) bond motifs is 1. The van der Waals surface area contributed by atoms with E-state index in [1.807, 2.05) is 24.9 Å². The van der Waals surface area contributed by atoms with Crippen molar-refractivity contribution < 1.29 is 0 Å². The number of hydrogen-bond donors (Lipinski definition) is 1. The van der Waals surface area contributed by atoms with Crippen LogP contribution in [0.15, 0.2) is 43.3 Å². The molecule has 1 aliphatic rings. The predicted octanol–water partition coefficient (Wildman–Crippen LogP) is 4.06. The zero-order valence-electron chi connectivity index (χ0n) is 15.4. The monoisotopic (exact) mass is 384 g/mol. The molecule has 1 N–H and O–H groups in total. The van der Waals surface area contributed by atoms with E-state index in [0.29, 0.717) is 5.15 Å². The van der Waals surface area contributed by atoms with Crippen molar-refractivity contribution >= 4 is 22.5 Å². The number of aromatic amines is 1. The Morgan fingerprint density at radius 2 is 2.22 bits per heavy atom. The van der Waals surface area contributed by atoms with Gasteiger partial charge in [-0.2, -0.15) is 5.10 Å². The van der Waals surface area contributed by atoms with Gasteiger partial charge in [0.05, 0.1) is 11.7 Å². The highest BCUT2D eigenvalue weighted by atomic mass is 35.5. The van der Waals surface area contributed by atoms with Gasteiger partial charge in [-0.1, -0.05) is 23.8 Å². The third kappa shape index (κ3) is 4.57. The highest BCUT2D eigenvalue weighted by Gasteiger charge is 2.17. The smallest absolute Gasteiger partial charge is 0.133 e. The molecule has 0 saturated carbocycles. The lowest BCUT2D eigenvalue weighted by Gasteiger charge is -2.28. The van der Waals surface area contributed by atoms with Crippen LogP contribution in [0, 0.1) is 5.92 Å². The van der Waals surface area contributed by atoms with E-state index >= 15 is 0 Å². The molecule has 0 amide bonds. The molecular weight excluding hydrogens is 360 g/mol. The quantitative estimate of drug-likeness (QED) is 0.595. The minimum atomic E-state index is 0.559. The summed E-state index contributed by atoms with van der Waals surface area (Å²) in [7, 11) is 0. The molecule has 0 radical (unpaired) electrons. The Morgan fingerprint density at radius 1 is 1.26 bits per heavy atom. The van der Waals surface area contributed by atoms with Gasteiger partial charge in [0, 0.05) is 56.5 Å². The molecule has 0 bridgehead atoms. The summed E-state index contributed by atoms with van der Waals surface area (Å²) in [6.07, 6.45) is 18.8. The van der Waals surface area contributed by atoms with Crippen LogP contribution in [0.2, 0.25) is 5.15 Å². The summed E-state index contributed by atoms with van der Waals surface area (Å²) in [5.74, 6) is 0.721. The molecule has 6 nitrogen and oxygen atoms in total. The maximum Gasteiger partial charge on any atom is 0.133 e. The van der Waals surface area contributed by atoms with Crippen LogP contribution in [0.5, 0.6) is 0 Å². The summed E-state index contributed by atoms with van der Waals surface area (Å²) in [5, 5.41) is 8.72. The van der Waals surface area contributed by atoms with Crippen LogP contribution in [0.3, 0.4) is 0 Å². The summed E-state index contributed by atoms with van der Waals surface area (Å²) in [4.78, 5) is 11.0. The fourth-order valence-corrected chi connectivity index (χ4v) is 4.01. The fourth-order valence-electron chi connectivity index (χ4n) is 3.83. The first-order valence-corrected chi connectivity index (χ1v) is 9.97. The van der Waals surface area contributed by atoms with Crippen LogP contribution < -0.4 is 0 Å². The Morgan fingerprint density at radius 3 is 3.04 bits per heavy atom. The maximum absolute atomic E-state index is 6.19. The number of H-pyrrole nitrogens is 1. The second-order valence-corrected chi connectivity index (χ2v) is 7.65. The maximum atomic E-state index is 6.19. The van der Waals surface area contributed by atoms with E-state index in [9.17, 15) is 0 Å². The van der Waals surface area contributed by atoms with Gasteiger partial charge in [-0.3, -0.25) is 15.0 Å². The normalized spacial score (nSPS) is 17.2. The molecule has 3 heterocycles. The minimum absolute atomic E-state index is 0.559. The van der Waals surface area contributed by atoms with Crippen molar-refractivity contribution in [3.05, 3.63) is 54.0 Å². The van der Waals surface area contributed by atoms with E-state index in [1.165, 1.54) is 19.3 Å². The standard InChI is InChI=1S/C20H25ClN6/c21-20-18-12-23-11-17(19(18)24-25-20)14-27(13-16-5-2-1-3-6-16)9-4-8-26-10-7-22-15-26/h1-2,7,10-12,15-16H,3-6,8-9,13-14H2,(H,24,25). The number of imidazole rings is 1. The molecule has 1 unspecified atom stereocenters. The number of rotatable bonds is 8. The number of allylic oxidation sites excluding steroid dienone is 2. The van der Waals surface area contributed by atoms with Crippen LogP contribution in [0.4, 0.5) is 0 Å². The Balaban J connectivity index is 1.46. The molecule has 0 fully saturated rings. The lowest BCUT2D eigenvalue weighted by Crippen LogP contribution is -2.31. The van der Waals surface area contributed by atoms with E-state index in [1.54, 1.807) is 6.20 Å². The van der Waals surface area contributed by atoms with Gasteiger partial charge < -0.3 is 4.57 Å². The van der Waals surface area contributed by atoms with Crippen molar-refractivity contribution in [2.45, 2.75) is 38.8 Å².